The second-order valence-electron chi connectivity index (χ2n) is 4.04. The topological polar surface area (TPSA) is 83.6 Å². The Hall–Kier alpha value is -2.82. The Bertz CT molecular complexity index is 809. The van der Waals surface area contributed by atoms with Crippen molar-refractivity contribution in [2.45, 2.75) is 0 Å². The summed E-state index contributed by atoms with van der Waals surface area (Å²) >= 11 is 0. The van der Waals surface area contributed by atoms with Gasteiger partial charge in [-0.15, -0.1) is 0 Å². The van der Waals surface area contributed by atoms with Gasteiger partial charge in [-0.2, -0.15) is 0 Å². The molecule has 0 aliphatic heterocycles. The van der Waals surface area contributed by atoms with Gasteiger partial charge in [0.05, 0.1) is 11.3 Å². The lowest BCUT2D eigenvalue weighted by atomic mass is 10.1. The molecule has 3 rings (SSSR count). The van der Waals surface area contributed by atoms with E-state index in [2.05, 4.69) is 4.98 Å². The number of benzene rings is 1. The van der Waals surface area contributed by atoms with Gasteiger partial charge >= 0.3 is 5.63 Å². The van der Waals surface area contributed by atoms with E-state index in [1.807, 2.05) is 0 Å². The van der Waals surface area contributed by atoms with Gasteiger partial charge in [0.2, 0.25) is 0 Å². The molecule has 0 bridgehead atoms. The predicted molar refractivity (Wildman–Crippen MR) is 69.0 cm³/mol. The molecule has 0 fully saturated rings. The van der Waals surface area contributed by atoms with Crippen LogP contribution in [0.5, 0.6) is 11.5 Å². The monoisotopic (exact) mass is 255 g/mol. The van der Waals surface area contributed by atoms with Crippen LogP contribution in [0.25, 0.3) is 22.2 Å². The van der Waals surface area contributed by atoms with E-state index >= 15 is 0 Å². The molecule has 0 aliphatic rings. The molecule has 0 unspecified atom stereocenters. The maximum absolute atomic E-state index is 11.9. The van der Waals surface area contributed by atoms with Crippen molar-refractivity contribution in [3.8, 4) is 22.8 Å². The van der Waals surface area contributed by atoms with E-state index in [9.17, 15) is 15.0 Å². The second kappa shape index (κ2) is 4.13. The molecule has 3 aromatic rings. The van der Waals surface area contributed by atoms with Crippen molar-refractivity contribution >= 4 is 11.0 Å². The lowest BCUT2D eigenvalue weighted by molar-refractivity contribution is 0.403. The van der Waals surface area contributed by atoms with Crippen LogP contribution in [0.2, 0.25) is 0 Å². The maximum atomic E-state index is 11.9. The Kier molecular flexibility index (Phi) is 2.45. The third-order valence-electron chi connectivity index (χ3n) is 2.77. The van der Waals surface area contributed by atoms with Gasteiger partial charge in [-0.1, -0.05) is 6.07 Å². The number of phenols is 2. The van der Waals surface area contributed by atoms with Crippen LogP contribution in [0.1, 0.15) is 0 Å². The van der Waals surface area contributed by atoms with Crippen molar-refractivity contribution in [1.29, 1.82) is 0 Å². The smallest absolute Gasteiger partial charge is 0.345 e. The number of hydrogen-bond acceptors (Lipinski definition) is 5. The number of aromatic nitrogens is 1. The molecule has 2 heterocycles. The first-order valence-electron chi connectivity index (χ1n) is 5.56. The number of nitrogens with zero attached hydrogens (tertiary/aromatic N) is 1. The highest BCUT2D eigenvalue weighted by Gasteiger charge is 2.11. The summed E-state index contributed by atoms with van der Waals surface area (Å²) < 4.78 is 5.12. The number of phenolic OH excluding ortho intramolecular Hbond substituents is 2. The maximum Gasteiger partial charge on any atom is 0.345 e. The summed E-state index contributed by atoms with van der Waals surface area (Å²) in [4.78, 5) is 16.0. The number of hydrogen-bond donors (Lipinski definition) is 2. The number of rotatable bonds is 1. The van der Waals surface area contributed by atoms with Gasteiger partial charge in [0.1, 0.15) is 5.58 Å². The molecule has 0 atom stereocenters. The average molecular weight is 255 g/mol. The Balaban J connectivity index is 2.31. The minimum atomic E-state index is -0.545. The zero-order valence-corrected chi connectivity index (χ0v) is 9.70. The first-order chi connectivity index (χ1) is 9.15. The van der Waals surface area contributed by atoms with Gasteiger partial charge < -0.3 is 14.6 Å². The molecule has 1 aromatic carbocycles. The predicted octanol–water partition coefficient (Wildman–Crippen LogP) is 2.27. The lowest BCUT2D eigenvalue weighted by Gasteiger charge is -2.03. The summed E-state index contributed by atoms with van der Waals surface area (Å²) in [5.41, 5.74) is 0.458. The Morgan fingerprint density at radius 2 is 1.84 bits per heavy atom. The van der Waals surface area contributed by atoms with Crippen LogP contribution in [0.4, 0.5) is 0 Å². The van der Waals surface area contributed by atoms with Crippen molar-refractivity contribution in [2.24, 2.45) is 0 Å². The highest BCUT2D eigenvalue weighted by atomic mass is 16.4. The minimum absolute atomic E-state index is 0.208. The first kappa shape index (κ1) is 11.3. The van der Waals surface area contributed by atoms with Crippen LogP contribution >= 0.6 is 0 Å². The Morgan fingerprint density at radius 3 is 2.58 bits per heavy atom. The SMILES string of the molecule is O=c1oc2cc(O)c(O)cc2cc1-c1ccccn1. The standard InChI is InChI=1S/C14H9NO4/c16-11-6-8-5-9(10-3-1-2-4-15-10)14(18)19-13(8)7-12(11)17/h1-7,16-17H. The minimum Gasteiger partial charge on any atom is -0.504 e. The molecule has 19 heavy (non-hydrogen) atoms. The van der Waals surface area contributed by atoms with Crippen LogP contribution in [-0.2, 0) is 0 Å². The van der Waals surface area contributed by atoms with E-state index < -0.39 is 5.63 Å². The average Bonchev–Trinajstić information content (AvgIpc) is 2.41. The van der Waals surface area contributed by atoms with E-state index in [0.717, 1.165) is 0 Å². The van der Waals surface area contributed by atoms with E-state index in [-0.39, 0.29) is 17.1 Å². The highest BCUT2D eigenvalue weighted by Crippen LogP contribution is 2.30. The fourth-order valence-corrected chi connectivity index (χ4v) is 1.84. The fourth-order valence-electron chi connectivity index (χ4n) is 1.84. The quantitative estimate of drug-likeness (QED) is 0.514. The molecule has 5 heteroatoms. The molecular formula is C14H9NO4. The van der Waals surface area contributed by atoms with E-state index in [1.54, 1.807) is 30.5 Å². The van der Waals surface area contributed by atoms with E-state index in [0.29, 0.717) is 16.6 Å². The number of aromatic hydroxyl groups is 2. The van der Waals surface area contributed by atoms with Gasteiger partial charge in [-0.3, -0.25) is 4.98 Å². The molecule has 5 nitrogen and oxygen atoms in total. The van der Waals surface area contributed by atoms with Crippen molar-refractivity contribution < 1.29 is 14.6 Å². The largest absolute Gasteiger partial charge is 0.504 e. The number of pyridine rings is 1. The second-order valence-corrected chi connectivity index (χ2v) is 4.04. The van der Waals surface area contributed by atoms with Gasteiger partial charge in [0, 0.05) is 17.6 Å². The summed E-state index contributed by atoms with van der Waals surface area (Å²) in [6.07, 6.45) is 1.58. The Morgan fingerprint density at radius 1 is 1.05 bits per heavy atom. The van der Waals surface area contributed by atoms with Crippen LogP contribution in [0.15, 0.2) is 51.8 Å². The van der Waals surface area contributed by atoms with Crippen molar-refractivity contribution in [2.75, 3.05) is 0 Å². The highest BCUT2D eigenvalue weighted by molar-refractivity contribution is 5.84. The summed E-state index contributed by atoms with van der Waals surface area (Å²) in [5.74, 6) is -0.602. The van der Waals surface area contributed by atoms with Crippen molar-refractivity contribution in [1.82, 2.24) is 4.98 Å². The number of fused-ring (bicyclic) bond motifs is 1. The molecular weight excluding hydrogens is 246 g/mol. The molecule has 0 saturated heterocycles. The molecule has 0 aliphatic carbocycles. The molecule has 2 N–H and O–H groups in total. The molecule has 0 spiro atoms. The van der Waals surface area contributed by atoms with E-state index in [4.69, 9.17) is 4.42 Å². The molecule has 0 radical (unpaired) electrons. The van der Waals surface area contributed by atoms with Crippen molar-refractivity contribution in [3.05, 3.63) is 53.0 Å². The van der Waals surface area contributed by atoms with Gasteiger partial charge in [-0.05, 0) is 24.3 Å². The zero-order valence-electron chi connectivity index (χ0n) is 9.70. The molecule has 0 amide bonds. The van der Waals surface area contributed by atoms with Crippen LogP contribution < -0.4 is 5.63 Å². The normalized spacial score (nSPS) is 10.7. The molecule has 0 saturated carbocycles. The lowest BCUT2D eigenvalue weighted by Crippen LogP contribution is -2.03. The molecule has 2 aromatic heterocycles. The van der Waals surface area contributed by atoms with E-state index in [1.165, 1.54) is 12.1 Å². The summed E-state index contributed by atoms with van der Waals surface area (Å²) in [6, 6.07) is 9.31. The van der Waals surface area contributed by atoms with Gasteiger partial charge in [0.15, 0.2) is 11.5 Å². The summed E-state index contributed by atoms with van der Waals surface area (Å²) in [7, 11) is 0. The first-order valence-corrected chi connectivity index (χ1v) is 5.56. The van der Waals surface area contributed by atoms with Gasteiger partial charge in [0.25, 0.3) is 0 Å². The zero-order chi connectivity index (χ0) is 13.4. The van der Waals surface area contributed by atoms with Crippen LogP contribution in [0, 0.1) is 0 Å². The summed E-state index contributed by atoms with van der Waals surface area (Å²) in [5, 5.41) is 19.3. The van der Waals surface area contributed by atoms with Crippen LogP contribution in [-0.4, -0.2) is 15.2 Å². The Labute approximate surface area is 107 Å². The third kappa shape index (κ3) is 1.91. The van der Waals surface area contributed by atoms with Gasteiger partial charge in [-0.25, -0.2) is 4.79 Å². The molecule has 94 valence electrons. The summed E-state index contributed by atoms with van der Waals surface area (Å²) in [6.45, 7) is 0. The fraction of sp³-hybridized carbons (Fsp3) is 0. The third-order valence-corrected chi connectivity index (χ3v) is 2.77. The van der Waals surface area contributed by atoms with Crippen LogP contribution in [0.3, 0.4) is 0 Å². The van der Waals surface area contributed by atoms with Crippen molar-refractivity contribution in [3.63, 3.8) is 0 Å².